The molecule has 3 heteroatoms. The van der Waals surface area contributed by atoms with Crippen LogP contribution in [-0.4, -0.2) is 18.8 Å². The molecule has 2 fully saturated rings. The highest BCUT2D eigenvalue weighted by Gasteiger charge is 2.19. The summed E-state index contributed by atoms with van der Waals surface area (Å²) < 4.78 is 5.67. The molecule has 2 unspecified atom stereocenters. The lowest BCUT2D eigenvalue weighted by molar-refractivity contribution is 0.101. The third-order valence-electron chi connectivity index (χ3n) is 4.68. The number of nitrogens with one attached hydrogen (secondary N) is 1. The second kappa shape index (κ2) is 8.13. The highest BCUT2D eigenvalue weighted by atomic mass is 16.5. The van der Waals surface area contributed by atoms with Crippen molar-refractivity contribution in [2.45, 2.75) is 82.8 Å². The second-order valence-electron chi connectivity index (χ2n) is 6.17. The molecule has 1 saturated carbocycles. The summed E-state index contributed by atoms with van der Waals surface area (Å²) in [6, 6.07) is 0.523. The van der Waals surface area contributed by atoms with Crippen LogP contribution in [-0.2, 0) is 4.74 Å². The Morgan fingerprint density at radius 2 is 1.94 bits per heavy atom. The van der Waals surface area contributed by atoms with E-state index in [1.165, 1.54) is 70.6 Å². The van der Waals surface area contributed by atoms with Gasteiger partial charge in [-0.25, -0.2) is 0 Å². The van der Waals surface area contributed by atoms with E-state index in [0.29, 0.717) is 12.1 Å². The molecule has 1 aliphatic heterocycles. The molecule has 3 N–H and O–H groups in total. The Kier molecular flexibility index (Phi) is 6.46. The molecule has 2 aliphatic rings. The van der Waals surface area contributed by atoms with Crippen molar-refractivity contribution in [2.75, 3.05) is 6.61 Å². The molecule has 2 atom stereocenters. The van der Waals surface area contributed by atoms with E-state index in [2.05, 4.69) is 5.43 Å². The van der Waals surface area contributed by atoms with Crippen LogP contribution in [0.1, 0.15) is 70.6 Å². The van der Waals surface area contributed by atoms with Gasteiger partial charge >= 0.3 is 0 Å². The van der Waals surface area contributed by atoms with Crippen molar-refractivity contribution in [2.24, 2.45) is 11.8 Å². The lowest BCUT2D eigenvalue weighted by Crippen LogP contribution is -2.37. The first-order chi connectivity index (χ1) is 8.88. The zero-order valence-corrected chi connectivity index (χ0v) is 11.7. The molecule has 1 heterocycles. The van der Waals surface area contributed by atoms with Gasteiger partial charge in [-0.15, -0.1) is 0 Å². The first-order valence-electron chi connectivity index (χ1n) is 7.96. The van der Waals surface area contributed by atoms with Crippen LogP contribution >= 0.6 is 0 Å². The number of hydrogen-bond donors (Lipinski definition) is 2. The third-order valence-corrected chi connectivity index (χ3v) is 4.68. The average Bonchev–Trinajstić information content (AvgIpc) is 2.92. The van der Waals surface area contributed by atoms with Crippen molar-refractivity contribution in [1.29, 1.82) is 0 Å². The van der Waals surface area contributed by atoms with Crippen LogP contribution in [0.2, 0.25) is 0 Å². The summed E-state index contributed by atoms with van der Waals surface area (Å²) in [6.45, 7) is 0.977. The first kappa shape index (κ1) is 14.3. The van der Waals surface area contributed by atoms with Gasteiger partial charge in [0.2, 0.25) is 0 Å². The minimum atomic E-state index is 0.523. The highest BCUT2D eigenvalue weighted by Crippen LogP contribution is 2.28. The standard InChI is InChI=1S/C15H30N2O/c16-17-14(12-13-6-2-1-3-7-13)8-4-9-15-10-5-11-18-15/h13-15,17H,1-12,16H2. The molecule has 1 saturated heterocycles. The molecular weight excluding hydrogens is 224 g/mol. The minimum absolute atomic E-state index is 0.523. The largest absolute Gasteiger partial charge is 0.378 e. The van der Waals surface area contributed by atoms with Gasteiger partial charge in [-0.3, -0.25) is 11.3 Å². The molecule has 106 valence electrons. The Morgan fingerprint density at radius 3 is 2.61 bits per heavy atom. The van der Waals surface area contributed by atoms with Crippen molar-refractivity contribution in [1.82, 2.24) is 5.43 Å². The maximum absolute atomic E-state index is 5.70. The number of nitrogens with two attached hydrogens (primary N) is 1. The Balaban J connectivity index is 1.58. The van der Waals surface area contributed by atoms with E-state index in [1.807, 2.05) is 0 Å². The van der Waals surface area contributed by atoms with Gasteiger partial charge in [-0.05, 0) is 44.4 Å². The fourth-order valence-electron chi connectivity index (χ4n) is 3.56. The van der Waals surface area contributed by atoms with Crippen LogP contribution in [0.25, 0.3) is 0 Å². The molecule has 0 spiro atoms. The fourth-order valence-corrected chi connectivity index (χ4v) is 3.56. The zero-order valence-electron chi connectivity index (χ0n) is 11.7. The van der Waals surface area contributed by atoms with Crippen LogP contribution in [0.4, 0.5) is 0 Å². The molecule has 2 rings (SSSR count). The van der Waals surface area contributed by atoms with E-state index in [9.17, 15) is 0 Å². The summed E-state index contributed by atoms with van der Waals surface area (Å²) in [5.41, 5.74) is 3.03. The normalized spacial score (nSPS) is 27.5. The van der Waals surface area contributed by atoms with Crippen molar-refractivity contribution in [3.63, 3.8) is 0 Å². The maximum Gasteiger partial charge on any atom is 0.0576 e. The van der Waals surface area contributed by atoms with Crippen molar-refractivity contribution >= 4 is 0 Å². The van der Waals surface area contributed by atoms with E-state index in [0.717, 1.165) is 12.5 Å². The lowest BCUT2D eigenvalue weighted by Gasteiger charge is -2.26. The molecule has 3 nitrogen and oxygen atoms in total. The van der Waals surface area contributed by atoms with Crippen LogP contribution in [0.3, 0.4) is 0 Å². The van der Waals surface area contributed by atoms with Gasteiger partial charge in [-0.2, -0.15) is 0 Å². The minimum Gasteiger partial charge on any atom is -0.378 e. The number of hydrazine groups is 1. The van der Waals surface area contributed by atoms with E-state index in [1.54, 1.807) is 0 Å². The number of rotatable bonds is 7. The summed E-state index contributed by atoms with van der Waals surface area (Å²) in [6.07, 6.45) is 15.2. The maximum atomic E-state index is 5.70. The van der Waals surface area contributed by atoms with E-state index in [-0.39, 0.29) is 0 Å². The first-order valence-corrected chi connectivity index (χ1v) is 7.96. The van der Waals surface area contributed by atoms with Crippen molar-refractivity contribution < 1.29 is 4.74 Å². The smallest absolute Gasteiger partial charge is 0.0576 e. The van der Waals surface area contributed by atoms with Crippen LogP contribution in [0, 0.1) is 5.92 Å². The van der Waals surface area contributed by atoms with E-state index in [4.69, 9.17) is 10.6 Å². The van der Waals surface area contributed by atoms with Gasteiger partial charge in [0.05, 0.1) is 6.10 Å². The summed E-state index contributed by atoms with van der Waals surface area (Å²) in [7, 11) is 0. The zero-order chi connectivity index (χ0) is 12.6. The van der Waals surface area contributed by atoms with Gasteiger partial charge in [0.25, 0.3) is 0 Å². The average molecular weight is 254 g/mol. The lowest BCUT2D eigenvalue weighted by atomic mass is 9.84. The molecule has 0 radical (unpaired) electrons. The van der Waals surface area contributed by atoms with Gasteiger partial charge < -0.3 is 4.74 Å². The number of ether oxygens (including phenoxy) is 1. The third kappa shape index (κ3) is 4.87. The Hall–Kier alpha value is -0.120. The number of hydrogen-bond acceptors (Lipinski definition) is 3. The molecule has 0 aromatic carbocycles. The molecular formula is C15H30N2O. The second-order valence-corrected chi connectivity index (χ2v) is 6.17. The van der Waals surface area contributed by atoms with Gasteiger partial charge in [0, 0.05) is 12.6 Å². The summed E-state index contributed by atoms with van der Waals surface area (Å²) in [4.78, 5) is 0. The monoisotopic (exact) mass is 254 g/mol. The van der Waals surface area contributed by atoms with E-state index >= 15 is 0 Å². The fraction of sp³-hybridized carbons (Fsp3) is 1.00. The molecule has 0 amide bonds. The van der Waals surface area contributed by atoms with Crippen molar-refractivity contribution in [3.8, 4) is 0 Å². The van der Waals surface area contributed by atoms with Crippen molar-refractivity contribution in [3.05, 3.63) is 0 Å². The van der Waals surface area contributed by atoms with Gasteiger partial charge in [-0.1, -0.05) is 32.1 Å². The van der Waals surface area contributed by atoms with Crippen LogP contribution in [0.15, 0.2) is 0 Å². The van der Waals surface area contributed by atoms with Crippen LogP contribution in [0.5, 0.6) is 0 Å². The molecule has 18 heavy (non-hydrogen) atoms. The van der Waals surface area contributed by atoms with Gasteiger partial charge in [0.1, 0.15) is 0 Å². The van der Waals surface area contributed by atoms with E-state index < -0.39 is 0 Å². The summed E-state index contributed by atoms with van der Waals surface area (Å²) in [5, 5.41) is 0. The Labute approximate surface area is 112 Å². The topological polar surface area (TPSA) is 47.3 Å². The highest BCUT2D eigenvalue weighted by molar-refractivity contribution is 4.74. The van der Waals surface area contributed by atoms with Gasteiger partial charge in [0.15, 0.2) is 0 Å². The molecule has 0 aromatic heterocycles. The van der Waals surface area contributed by atoms with Crippen LogP contribution < -0.4 is 11.3 Å². The SMILES string of the molecule is NNC(CCCC1CCCO1)CC1CCCCC1. The molecule has 1 aliphatic carbocycles. The Morgan fingerprint density at radius 1 is 1.11 bits per heavy atom. The summed E-state index contributed by atoms with van der Waals surface area (Å²) >= 11 is 0. The predicted molar refractivity (Wildman–Crippen MR) is 75.1 cm³/mol. The predicted octanol–water partition coefficient (Wildman–Crippen LogP) is 3.14. The Bertz CT molecular complexity index is 211. The summed E-state index contributed by atoms with van der Waals surface area (Å²) in [5.74, 6) is 6.62. The molecule has 0 aromatic rings. The molecule has 0 bridgehead atoms. The quantitative estimate of drug-likeness (QED) is 0.542.